The number of carbonyl (C=O) groups is 2. The molecule has 0 spiro atoms. The SMILES string of the molecule is COc1ncccc1C(=O)NCCc1nc(C(=O)O)cs1. The zero-order valence-corrected chi connectivity index (χ0v) is 12.0. The average Bonchev–Trinajstić information content (AvgIpc) is 2.96. The first-order chi connectivity index (χ1) is 10.1. The summed E-state index contributed by atoms with van der Waals surface area (Å²) in [5.41, 5.74) is 0.376. The quantitative estimate of drug-likeness (QED) is 0.832. The number of amides is 1. The Morgan fingerprint density at radius 2 is 2.29 bits per heavy atom. The Kier molecular flexibility index (Phi) is 4.83. The van der Waals surface area contributed by atoms with Crippen LogP contribution in [-0.4, -0.2) is 40.6 Å². The summed E-state index contributed by atoms with van der Waals surface area (Å²) < 4.78 is 5.01. The molecule has 7 nitrogen and oxygen atoms in total. The van der Waals surface area contributed by atoms with Gasteiger partial charge in [0.05, 0.1) is 12.1 Å². The number of carboxylic acids is 1. The van der Waals surface area contributed by atoms with Crippen molar-refractivity contribution in [2.45, 2.75) is 6.42 Å². The topological polar surface area (TPSA) is 101 Å². The van der Waals surface area contributed by atoms with Crippen LogP contribution < -0.4 is 10.1 Å². The van der Waals surface area contributed by atoms with Gasteiger partial charge in [0.25, 0.3) is 5.91 Å². The third-order valence-corrected chi connectivity index (χ3v) is 3.51. The molecule has 0 aliphatic rings. The van der Waals surface area contributed by atoms with E-state index in [2.05, 4.69) is 15.3 Å². The van der Waals surface area contributed by atoms with Crippen LogP contribution in [0.5, 0.6) is 5.88 Å². The second-order valence-electron chi connectivity index (χ2n) is 4.00. The van der Waals surface area contributed by atoms with E-state index in [1.54, 1.807) is 18.3 Å². The smallest absolute Gasteiger partial charge is 0.355 e. The van der Waals surface area contributed by atoms with E-state index in [0.29, 0.717) is 23.5 Å². The maximum absolute atomic E-state index is 12.0. The molecule has 2 aromatic rings. The molecule has 21 heavy (non-hydrogen) atoms. The molecule has 1 amide bonds. The van der Waals surface area contributed by atoms with E-state index >= 15 is 0 Å². The minimum Gasteiger partial charge on any atom is -0.480 e. The van der Waals surface area contributed by atoms with E-state index in [1.165, 1.54) is 23.8 Å². The summed E-state index contributed by atoms with van der Waals surface area (Å²) in [7, 11) is 1.45. The Bertz CT molecular complexity index is 656. The van der Waals surface area contributed by atoms with Crippen molar-refractivity contribution in [3.63, 3.8) is 0 Å². The predicted octanol–water partition coefficient (Wildman–Crippen LogP) is 1.22. The average molecular weight is 307 g/mol. The first kappa shape index (κ1) is 14.9. The number of rotatable bonds is 6. The van der Waals surface area contributed by atoms with Crippen LogP contribution in [0.1, 0.15) is 25.9 Å². The zero-order valence-electron chi connectivity index (χ0n) is 11.2. The summed E-state index contributed by atoms with van der Waals surface area (Å²) >= 11 is 1.25. The summed E-state index contributed by atoms with van der Waals surface area (Å²) in [4.78, 5) is 30.6. The fourth-order valence-corrected chi connectivity index (χ4v) is 2.40. The number of hydrogen-bond donors (Lipinski definition) is 2. The lowest BCUT2D eigenvalue weighted by Crippen LogP contribution is -2.26. The number of carboxylic acid groups (broad SMARTS) is 1. The van der Waals surface area contributed by atoms with Gasteiger partial charge in [0, 0.05) is 24.5 Å². The van der Waals surface area contributed by atoms with Gasteiger partial charge < -0.3 is 15.2 Å². The standard InChI is InChI=1S/C13H13N3O4S/c1-20-12-8(3-2-5-15-12)11(17)14-6-4-10-16-9(7-21-10)13(18)19/h2-3,5,7H,4,6H2,1H3,(H,14,17)(H,18,19). The Morgan fingerprint density at radius 1 is 1.48 bits per heavy atom. The minimum absolute atomic E-state index is 0.0234. The summed E-state index contributed by atoms with van der Waals surface area (Å²) in [5.74, 6) is -1.09. The van der Waals surface area contributed by atoms with Gasteiger partial charge in [-0.05, 0) is 12.1 Å². The van der Waals surface area contributed by atoms with E-state index in [0.717, 1.165) is 0 Å². The van der Waals surface area contributed by atoms with Gasteiger partial charge in [0.2, 0.25) is 5.88 Å². The highest BCUT2D eigenvalue weighted by Crippen LogP contribution is 2.13. The third kappa shape index (κ3) is 3.76. The second kappa shape index (κ2) is 6.80. The molecule has 0 saturated carbocycles. The summed E-state index contributed by atoms with van der Waals surface area (Å²) in [6, 6.07) is 3.27. The normalized spacial score (nSPS) is 10.1. The maximum atomic E-state index is 12.0. The van der Waals surface area contributed by atoms with Crippen LogP contribution in [0.3, 0.4) is 0 Å². The summed E-state index contributed by atoms with van der Waals surface area (Å²) in [6.07, 6.45) is 2.00. The molecular weight excluding hydrogens is 294 g/mol. The van der Waals surface area contributed by atoms with Gasteiger partial charge in [-0.2, -0.15) is 0 Å². The first-order valence-corrected chi connectivity index (χ1v) is 6.94. The van der Waals surface area contributed by atoms with Crippen LogP contribution in [0.4, 0.5) is 0 Å². The molecule has 0 aromatic carbocycles. The lowest BCUT2D eigenvalue weighted by molar-refractivity contribution is 0.0690. The number of hydrogen-bond acceptors (Lipinski definition) is 6. The fourth-order valence-electron chi connectivity index (χ4n) is 1.63. The molecule has 0 radical (unpaired) electrons. The molecule has 0 atom stereocenters. The van der Waals surface area contributed by atoms with Crippen molar-refractivity contribution < 1.29 is 19.4 Å². The highest BCUT2D eigenvalue weighted by Gasteiger charge is 2.13. The molecule has 0 unspecified atom stereocenters. The van der Waals surface area contributed by atoms with Crippen molar-refractivity contribution in [1.29, 1.82) is 0 Å². The van der Waals surface area contributed by atoms with Crippen molar-refractivity contribution in [1.82, 2.24) is 15.3 Å². The minimum atomic E-state index is -1.05. The van der Waals surface area contributed by atoms with Crippen LogP contribution in [0.15, 0.2) is 23.7 Å². The van der Waals surface area contributed by atoms with Crippen LogP contribution in [0.25, 0.3) is 0 Å². The second-order valence-corrected chi connectivity index (χ2v) is 4.94. The molecule has 2 N–H and O–H groups in total. The molecule has 0 aliphatic heterocycles. The van der Waals surface area contributed by atoms with Gasteiger partial charge in [-0.15, -0.1) is 11.3 Å². The van der Waals surface area contributed by atoms with Gasteiger partial charge in [-0.3, -0.25) is 4.79 Å². The van der Waals surface area contributed by atoms with Gasteiger partial charge in [0.1, 0.15) is 5.56 Å². The molecule has 2 aromatic heterocycles. The van der Waals surface area contributed by atoms with Crippen molar-refractivity contribution in [3.8, 4) is 5.88 Å². The van der Waals surface area contributed by atoms with Gasteiger partial charge >= 0.3 is 5.97 Å². The monoisotopic (exact) mass is 307 g/mol. The molecule has 8 heteroatoms. The van der Waals surface area contributed by atoms with Crippen molar-refractivity contribution >= 4 is 23.2 Å². The van der Waals surface area contributed by atoms with Crippen LogP contribution >= 0.6 is 11.3 Å². The molecule has 110 valence electrons. The van der Waals surface area contributed by atoms with Crippen LogP contribution in [0, 0.1) is 0 Å². The number of nitrogens with one attached hydrogen (secondary N) is 1. The van der Waals surface area contributed by atoms with Gasteiger partial charge in [-0.1, -0.05) is 0 Å². The molecule has 0 fully saturated rings. The van der Waals surface area contributed by atoms with E-state index in [4.69, 9.17) is 9.84 Å². The number of aromatic carboxylic acids is 1. The molecule has 0 aliphatic carbocycles. The number of nitrogens with zero attached hydrogens (tertiary/aromatic N) is 2. The first-order valence-electron chi connectivity index (χ1n) is 6.06. The molecule has 2 heterocycles. The molecule has 2 rings (SSSR count). The van der Waals surface area contributed by atoms with Crippen molar-refractivity contribution in [2.75, 3.05) is 13.7 Å². The number of aromatic nitrogens is 2. The number of methoxy groups -OCH3 is 1. The molecular formula is C13H13N3O4S. The van der Waals surface area contributed by atoms with Crippen molar-refractivity contribution in [2.24, 2.45) is 0 Å². The highest BCUT2D eigenvalue weighted by molar-refractivity contribution is 7.09. The zero-order chi connectivity index (χ0) is 15.2. The predicted molar refractivity (Wildman–Crippen MR) is 75.9 cm³/mol. The maximum Gasteiger partial charge on any atom is 0.355 e. The Morgan fingerprint density at radius 3 is 2.95 bits per heavy atom. The van der Waals surface area contributed by atoms with Crippen LogP contribution in [0.2, 0.25) is 0 Å². The largest absolute Gasteiger partial charge is 0.480 e. The highest BCUT2D eigenvalue weighted by atomic mass is 32.1. The van der Waals surface area contributed by atoms with Gasteiger partial charge in [-0.25, -0.2) is 14.8 Å². The lowest BCUT2D eigenvalue weighted by Gasteiger charge is -2.07. The summed E-state index contributed by atoms with van der Waals surface area (Å²) in [6.45, 7) is 0.351. The third-order valence-electron chi connectivity index (χ3n) is 2.60. The number of pyridine rings is 1. The van der Waals surface area contributed by atoms with Crippen LogP contribution in [-0.2, 0) is 6.42 Å². The number of thiazole rings is 1. The Balaban J connectivity index is 1.90. The summed E-state index contributed by atoms with van der Waals surface area (Å²) in [5, 5.41) is 13.6. The van der Waals surface area contributed by atoms with E-state index in [9.17, 15) is 9.59 Å². The van der Waals surface area contributed by atoms with Crippen molar-refractivity contribution in [3.05, 3.63) is 40.0 Å². The Hall–Kier alpha value is -2.48. The fraction of sp³-hybridized carbons (Fsp3) is 0.231. The lowest BCUT2D eigenvalue weighted by atomic mass is 10.2. The number of carbonyl (C=O) groups excluding carboxylic acids is 1. The van der Waals surface area contributed by atoms with E-state index in [1.807, 2.05) is 0 Å². The molecule has 0 bridgehead atoms. The van der Waals surface area contributed by atoms with E-state index < -0.39 is 5.97 Å². The van der Waals surface area contributed by atoms with Gasteiger partial charge in [0.15, 0.2) is 5.69 Å². The Labute approximate surface area is 124 Å². The van der Waals surface area contributed by atoms with E-state index in [-0.39, 0.29) is 17.5 Å². The molecule has 0 saturated heterocycles. The number of ether oxygens (including phenoxy) is 1.